The van der Waals surface area contributed by atoms with E-state index >= 15 is 0 Å². The van der Waals surface area contributed by atoms with Crippen molar-refractivity contribution in [1.29, 1.82) is 0 Å². The largest absolute Gasteiger partial charge is 0.497 e. The molecule has 2 bridgehead atoms. The Morgan fingerprint density at radius 1 is 1.33 bits per heavy atom. The highest BCUT2D eigenvalue weighted by atomic mass is 16.5. The van der Waals surface area contributed by atoms with Crippen molar-refractivity contribution in [2.75, 3.05) is 26.8 Å². The van der Waals surface area contributed by atoms with Crippen LogP contribution in [-0.4, -0.2) is 42.7 Å². The molecule has 4 heterocycles. The van der Waals surface area contributed by atoms with Crippen LogP contribution in [0.1, 0.15) is 24.5 Å². The molecule has 4 heteroatoms. The lowest BCUT2D eigenvalue weighted by Crippen LogP contribution is -2.55. The second-order valence-electron chi connectivity index (χ2n) is 7.57. The number of fused-ring (bicyclic) bond motifs is 4. The summed E-state index contributed by atoms with van der Waals surface area (Å²) in [6, 6.07) is 8.52. The van der Waals surface area contributed by atoms with Crippen molar-refractivity contribution in [3.63, 3.8) is 0 Å². The number of rotatable bonds is 7. The van der Waals surface area contributed by atoms with Crippen LogP contribution in [0.2, 0.25) is 0 Å². The number of nitrogens with zero attached hydrogens (tertiary/aromatic N) is 2. The Bertz CT molecular complexity index is 834. The van der Waals surface area contributed by atoms with Crippen molar-refractivity contribution in [2.45, 2.75) is 25.0 Å². The Labute approximate surface area is 161 Å². The van der Waals surface area contributed by atoms with Gasteiger partial charge in [0.2, 0.25) is 0 Å². The standard InChI is InChI=1S/C23H28N2O2/c1-4-12-27-23(22-13-17-9-11-25(22)15-16(17)5-2)19-8-10-24-21-7-6-18(26-3)14-20(19)21/h4-8,10,14,16-17,22-23H,1-2,9,11-13,15H2,3H3/t16-,17-,22-,23+/m0/s1. The van der Waals surface area contributed by atoms with Gasteiger partial charge in [-0.1, -0.05) is 12.2 Å². The van der Waals surface area contributed by atoms with Crippen LogP contribution >= 0.6 is 0 Å². The molecule has 0 amide bonds. The topological polar surface area (TPSA) is 34.6 Å². The smallest absolute Gasteiger partial charge is 0.119 e. The first-order valence-electron chi connectivity index (χ1n) is 9.77. The van der Waals surface area contributed by atoms with E-state index in [2.05, 4.69) is 41.3 Å². The van der Waals surface area contributed by atoms with Gasteiger partial charge in [-0.2, -0.15) is 0 Å². The predicted molar refractivity (Wildman–Crippen MR) is 109 cm³/mol. The van der Waals surface area contributed by atoms with E-state index in [0.29, 0.717) is 24.5 Å². The Balaban J connectivity index is 1.74. The first-order valence-corrected chi connectivity index (χ1v) is 9.77. The van der Waals surface area contributed by atoms with Crippen LogP contribution in [0.3, 0.4) is 0 Å². The van der Waals surface area contributed by atoms with E-state index in [9.17, 15) is 0 Å². The van der Waals surface area contributed by atoms with Crippen LogP contribution in [0, 0.1) is 11.8 Å². The van der Waals surface area contributed by atoms with Gasteiger partial charge in [0, 0.05) is 24.2 Å². The molecule has 0 spiro atoms. The quantitative estimate of drug-likeness (QED) is 0.683. The number of hydrogen-bond acceptors (Lipinski definition) is 4. The van der Waals surface area contributed by atoms with Gasteiger partial charge >= 0.3 is 0 Å². The zero-order chi connectivity index (χ0) is 18.8. The van der Waals surface area contributed by atoms with E-state index in [1.165, 1.54) is 12.0 Å². The van der Waals surface area contributed by atoms with Crippen molar-refractivity contribution in [3.8, 4) is 5.75 Å². The third-order valence-electron chi connectivity index (χ3n) is 6.19. The van der Waals surface area contributed by atoms with Crippen molar-refractivity contribution in [3.05, 3.63) is 61.3 Å². The summed E-state index contributed by atoms with van der Waals surface area (Å²) >= 11 is 0. The maximum Gasteiger partial charge on any atom is 0.119 e. The molecule has 2 aromatic rings. The Morgan fingerprint density at radius 3 is 2.93 bits per heavy atom. The minimum atomic E-state index is -0.00540. The molecule has 5 rings (SSSR count). The Kier molecular flexibility index (Phi) is 5.28. The van der Waals surface area contributed by atoms with Crippen molar-refractivity contribution >= 4 is 10.9 Å². The van der Waals surface area contributed by atoms with Gasteiger partial charge in [-0.05, 0) is 61.1 Å². The summed E-state index contributed by atoms with van der Waals surface area (Å²) < 4.78 is 11.8. The fraction of sp³-hybridized carbons (Fsp3) is 0.435. The molecule has 142 valence electrons. The van der Waals surface area contributed by atoms with E-state index in [1.54, 1.807) is 7.11 Å². The first-order chi connectivity index (χ1) is 13.2. The second kappa shape index (κ2) is 7.83. The Hall–Kier alpha value is -2.17. The summed E-state index contributed by atoms with van der Waals surface area (Å²) in [5, 5.41) is 1.11. The number of aromatic nitrogens is 1. The first kappa shape index (κ1) is 18.2. The minimum Gasteiger partial charge on any atom is -0.497 e. The van der Waals surface area contributed by atoms with E-state index in [-0.39, 0.29) is 6.10 Å². The van der Waals surface area contributed by atoms with Gasteiger partial charge in [0.1, 0.15) is 5.75 Å². The number of pyridine rings is 1. The number of piperidine rings is 3. The molecular formula is C23H28N2O2. The van der Waals surface area contributed by atoms with E-state index in [1.807, 2.05) is 24.4 Å². The molecule has 3 aliphatic heterocycles. The molecule has 0 radical (unpaired) electrons. The van der Waals surface area contributed by atoms with Gasteiger partial charge in [0.15, 0.2) is 0 Å². The number of benzene rings is 1. The molecular weight excluding hydrogens is 336 g/mol. The zero-order valence-electron chi connectivity index (χ0n) is 16.0. The molecule has 3 saturated heterocycles. The lowest BCUT2D eigenvalue weighted by Gasteiger charge is -2.51. The van der Waals surface area contributed by atoms with Gasteiger partial charge < -0.3 is 9.47 Å². The van der Waals surface area contributed by atoms with E-state index < -0.39 is 0 Å². The maximum atomic E-state index is 6.37. The number of hydrogen-bond donors (Lipinski definition) is 0. The summed E-state index contributed by atoms with van der Waals surface area (Å²) in [6.45, 7) is 10.7. The lowest BCUT2D eigenvalue weighted by molar-refractivity contribution is -0.0683. The van der Waals surface area contributed by atoms with Crippen LogP contribution in [-0.2, 0) is 4.74 Å². The van der Waals surface area contributed by atoms with Crippen LogP contribution in [0.25, 0.3) is 10.9 Å². The van der Waals surface area contributed by atoms with Crippen molar-refractivity contribution in [1.82, 2.24) is 9.88 Å². The molecule has 27 heavy (non-hydrogen) atoms. The summed E-state index contributed by atoms with van der Waals surface area (Å²) in [4.78, 5) is 7.13. The normalized spacial score (nSPS) is 28.0. The van der Waals surface area contributed by atoms with Crippen molar-refractivity contribution < 1.29 is 9.47 Å². The number of methoxy groups -OCH3 is 1. The molecule has 4 nitrogen and oxygen atoms in total. The monoisotopic (exact) mass is 364 g/mol. The molecule has 1 aromatic heterocycles. The average Bonchev–Trinajstić information content (AvgIpc) is 2.74. The minimum absolute atomic E-state index is 0.00540. The predicted octanol–water partition coefficient (Wildman–Crippen LogP) is 4.38. The van der Waals surface area contributed by atoms with Crippen LogP contribution in [0.5, 0.6) is 5.75 Å². The summed E-state index contributed by atoms with van der Waals surface area (Å²) in [5.74, 6) is 2.15. The molecule has 1 unspecified atom stereocenters. The van der Waals surface area contributed by atoms with Gasteiger partial charge in [-0.3, -0.25) is 9.88 Å². The fourth-order valence-corrected chi connectivity index (χ4v) is 4.79. The molecule has 1 aromatic carbocycles. The number of ether oxygens (including phenoxy) is 2. The molecule has 3 fully saturated rings. The van der Waals surface area contributed by atoms with Crippen LogP contribution in [0.15, 0.2) is 55.8 Å². The SMILES string of the molecule is C=CCO[C@H](c1ccnc2ccc(OC)cc12)[C@@H]1C[C@@H]2CCN1C[C@@H]2C=C. The molecule has 0 saturated carbocycles. The van der Waals surface area contributed by atoms with Crippen LogP contribution in [0.4, 0.5) is 0 Å². The highest BCUT2D eigenvalue weighted by Gasteiger charge is 2.43. The van der Waals surface area contributed by atoms with Crippen molar-refractivity contribution in [2.24, 2.45) is 11.8 Å². The highest BCUT2D eigenvalue weighted by molar-refractivity contribution is 5.84. The van der Waals surface area contributed by atoms with Gasteiger partial charge in [0.25, 0.3) is 0 Å². The maximum absolute atomic E-state index is 6.37. The van der Waals surface area contributed by atoms with Gasteiger partial charge in [0.05, 0.1) is 25.3 Å². The molecule has 0 N–H and O–H groups in total. The lowest BCUT2D eigenvalue weighted by atomic mass is 9.73. The fourth-order valence-electron chi connectivity index (χ4n) is 4.79. The third kappa shape index (κ3) is 3.40. The molecule has 5 atom stereocenters. The highest BCUT2D eigenvalue weighted by Crippen LogP contribution is 2.43. The molecule has 3 aliphatic rings. The van der Waals surface area contributed by atoms with E-state index in [0.717, 1.165) is 36.2 Å². The summed E-state index contributed by atoms with van der Waals surface area (Å²) in [5.41, 5.74) is 2.16. The Morgan fingerprint density at radius 2 is 2.22 bits per heavy atom. The summed E-state index contributed by atoms with van der Waals surface area (Å²) in [7, 11) is 1.70. The summed E-state index contributed by atoms with van der Waals surface area (Å²) in [6.07, 6.45) is 8.25. The second-order valence-corrected chi connectivity index (χ2v) is 7.57. The van der Waals surface area contributed by atoms with E-state index in [4.69, 9.17) is 9.47 Å². The molecule has 0 aliphatic carbocycles. The average molecular weight is 364 g/mol. The third-order valence-corrected chi connectivity index (χ3v) is 6.19. The van der Waals surface area contributed by atoms with Gasteiger partial charge in [-0.15, -0.1) is 13.2 Å². The van der Waals surface area contributed by atoms with Crippen LogP contribution < -0.4 is 4.74 Å². The zero-order valence-corrected chi connectivity index (χ0v) is 16.0. The van der Waals surface area contributed by atoms with Gasteiger partial charge in [-0.25, -0.2) is 0 Å².